The predicted octanol–water partition coefficient (Wildman–Crippen LogP) is 3.03. The number of methoxy groups -OCH3 is 1. The maximum Gasteiger partial charge on any atom is 0.445 e. The zero-order chi connectivity index (χ0) is 16.9. The number of nitrogens with zero attached hydrogens (tertiary/aromatic N) is 2. The lowest BCUT2D eigenvalue weighted by Gasteiger charge is -2.10. The number of anilines is 1. The third-order valence-electron chi connectivity index (χ3n) is 2.75. The summed E-state index contributed by atoms with van der Waals surface area (Å²) >= 11 is 0.262. The molecule has 2 amide bonds. The van der Waals surface area contributed by atoms with Gasteiger partial charge in [0.2, 0.25) is 10.1 Å². The molecule has 0 bridgehead atoms. The molecular weight excluding hydrogens is 333 g/mol. The van der Waals surface area contributed by atoms with Gasteiger partial charge in [0.25, 0.3) is 0 Å². The van der Waals surface area contributed by atoms with Crippen molar-refractivity contribution in [2.75, 3.05) is 12.4 Å². The van der Waals surface area contributed by atoms with E-state index in [4.69, 9.17) is 4.74 Å². The topological polar surface area (TPSA) is 76.1 Å². The van der Waals surface area contributed by atoms with Crippen molar-refractivity contribution in [3.05, 3.63) is 40.4 Å². The molecular formula is C13H13F3N4O2S. The largest absolute Gasteiger partial charge is 0.445 e. The maximum absolute atomic E-state index is 12.4. The number of carbonyl (C=O) groups excluding carboxylic acids is 1. The van der Waals surface area contributed by atoms with Gasteiger partial charge >= 0.3 is 12.2 Å². The van der Waals surface area contributed by atoms with Crippen molar-refractivity contribution >= 4 is 22.5 Å². The zero-order valence-electron chi connectivity index (χ0n) is 12.0. The van der Waals surface area contributed by atoms with E-state index in [0.29, 0.717) is 6.61 Å². The van der Waals surface area contributed by atoms with Crippen LogP contribution >= 0.6 is 11.3 Å². The number of amides is 2. The minimum Gasteiger partial charge on any atom is -0.380 e. The molecule has 124 valence electrons. The molecule has 0 spiro atoms. The van der Waals surface area contributed by atoms with Crippen LogP contribution in [-0.4, -0.2) is 23.3 Å². The van der Waals surface area contributed by atoms with Gasteiger partial charge in [-0.2, -0.15) is 13.2 Å². The first-order valence-corrected chi connectivity index (χ1v) is 7.23. The first kappa shape index (κ1) is 17.2. The van der Waals surface area contributed by atoms with Gasteiger partial charge < -0.3 is 10.1 Å². The van der Waals surface area contributed by atoms with Gasteiger partial charge in [-0.1, -0.05) is 35.6 Å². The molecule has 2 rings (SSSR count). The average Bonchev–Trinajstić information content (AvgIpc) is 2.95. The third kappa shape index (κ3) is 4.89. The molecule has 6 nitrogen and oxygen atoms in total. The first-order valence-electron chi connectivity index (χ1n) is 6.41. The lowest BCUT2D eigenvalue weighted by atomic mass is 10.1. The van der Waals surface area contributed by atoms with E-state index in [-0.39, 0.29) is 23.0 Å². The summed E-state index contributed by atoms with van der Waals surface area (Å²) in [6.45, 7) is 0.598. The van der Waals surface area contributed by atoms with E-state index in [1.54, 1.807) is 7.11 Å². The molecule has 1 aromatic heterocycles. The van der Waals surface area contributed by atoms with Gasteiger partial charge in [0, 0.05) is 13.7 Å². The number of halogens is 3. The molecule has 0 atom stereocenters. The second kappa shape index (κ2) is 7.38. The smallest absolute Gasteiger partial charge is 0.380 e. The Morgan fingerprint density at radius 1 is 1.26 bits per heavy atom. The normalized spacial score (nSPS) is 11.3. The molecule has 1 aromatic carbocycles. The zero-order valence-corrected chi connectivity index (χ0v) is 12.8. The Morgan fingerprint density at radius 2 is 1.96 bits per heavy atom. The second-order valence-corrected chi connectivity index (χ2v) is 5.40. The van der Waals surface area contributed by atoms with Crippen LogP contribution in [0.1, 0.15) is 16.1 Å². The minimum atomic E-state index is -4.58. The van der Waals surface area contributed by atoms with E-state index in [9.17, 15) is 18.0 Å². The number of carbonyl (C=O) groups is 1. The number of urea groups is 1. The monoisotopic (exact) mass is 346 g/mol. The highest BCUT2D eigenvalue weighted by Gasteiger charge is 2.35. The van der Waals surface area contributed by atoms with Crippen molar-refractivity contribution < 1.29 is 22.7 Å². The van der Waals surface area contributed by atoms with E-state index >= 15 is 0 Å². The molecule has 0 unspecified atom stereocenters. The van der Waals surface area contributed by atoms with E-state index in [0.717, 1.165) is 11.1 Å². The highest BCUT2D eigenvalue weighted by molar-refractivity contribution is 7.15. The quantitative estimate of drug-likeness (QED) is 0.873. The Balaban J connectivity index is 1.92. The third-order valence-corrected chi connectivity index (χ3v) is 3.63. The highest BCUT2D eigenvalue weighted by atomic mass is 32.1. The summed E-state index contributed by atoms with van der Waals surface area (Å²) in [6.07, 6.45) is -4.58. The summed E-state index contributed by atoms with van der Waals surface area (Å²) in [5.74, 6) is 0. The van der Waals surface area contributed by atoms with Gasteiger partial charge in [-0.05, 0) is 11.1 Å². The molecule has 0 fully saturated rings. The number of ether oxygens (including phenoxy) is 1. The molecule has 0 saturated carbocycles. The van der Waals surface area contributed by atoms with Crippen molar-refractivity contribution in [3.8, 4) is 0 Å². The van der Waals surface area contributed by atoms with Crippen molar-refractivity contribution in [1.29, 1.82) is 0 Å². The Morgan fingerprint density at radius 3 is 2.57 bits per heavy atom. The van der Waals surface area contributed by atoms with Crippen LogP contribution in [0, 0.1) is 0 Å². The van der Waals surface area contributed by atoms with Gasteiger partial charge in [-0.25, -0.2) is 4.79 Å². The fraction of sp³-hybridized carbons (Fsp3) is 0.308. The van der Waals surface area contributed by atoms with Gasteiger partial charge in [0.15, 0.2) is 0 Å². The van der Waals surface area contributed by atoms with Gasteiger partial charge in [0.05, 0.1) is 6.61 Å². The summed E-state index contributed by atoms with van der Waals surface area (Å²) in [5, 5.41) is 9.69. The lowest BCUT2D eigenvalue weighted by Crippen LogP contribution is -2.28. The van der Waals surface area contributed by atoms with Crippen LogP contribution in [0.4, 0.5) is 23.1 Å². The molecule has 0 saturated heterocycles. The maximum atomic E-state index is 12.4. The minimum absolute atomic E-state index is 0.205. The molecule has 0 aliphatic rings. The van der Waals surface area contributed by atoms with Crippen molar-refractivity contribution in [2.24, 2.45) is 0 Å². The summed E-state index contributed by atoms with van der Waals surface area (Å²) in [6, 6.07) is 6.67. The van der Waals surface area contributed by atoms with Crippen molar-refractivity contribution in [1.82, 2.24) is 15.5 Å². The summed E-state index contributed by atoms with van der Waals surface area (Å²) < 4.78 is 42.2. The second-order valence-electron chi connectivity index (χ2n) is 4.42. The van der Waals surface area contributed by atoms with Crippen LogP contribution in [-0.2, 0) is 24.1 Å². The standard InChI is InChI=1S/C13H13F3N4O2S/c1-22-7-9-5-3-2-4-8(9)6-17-11(21)18-12-20-19-10(23-12)13(14,15)16/h2-5H,6-7H2,1H3,(H2,17,18,20,21). The molecule has 0 aliphatic carbocycles. The number of hydrogen-bond donors (Lipinski definition) is 2. The van der Waals surface area contributed by atoms with E-state index in [2.05, 4.69) is 20.8 Å². The van der Waals surface area contributed by atoms with Crippen molar-refractivity contribution in [2.45, 2.75) is 19.3 Å². The molecule has 2 N–H and O–H groups in total. The van der Waals surface area contributed by atoms with Crippen LogP contribution in [0.2, 0.25) is 0 Å². The van der Waals surface area contributed by atoms with E-state index in [1.807, 2.05) is 24.3 Å². The Kier molecular flexibility index (Phi) is 5.50. The van der Waals surface area contributed by atoms with Gasteiger partial charge in [-0.3, -0.25) is 5.32 Å². The molecule has 2 aromatic rings. The Labute approximate surface area is 133 Å². The summed E-state index contributed by atoms with van der Waals surface area (Å²) in [4.78, 5) is 11.7. The number of hydrogen-bond acceptors (Lipinski definition) is 5. The lowest BCUT2D eigenvalue weighted by molar-refractivity contribution is -0.138. The summed E-state index contributed by atoms with van der Waals surface area (Å²) in [7, 11) is 1.56. The van der Waals surface area contributed by atoms with Crippen LogP contribution in [0.25, 0.3) is 0 Å². The van der Waals surface area contributed by atoms with Crippen LogP contribution < -0.4 is 10.6 Å². The van der Waals surface area contributed by atoms with Crippen LogP contribution in [0.5, 0.6) is 0 Å². The molecule has 0 radical (unpaired) electrons. The summed E-state index contributed by atoms with van der Waals surface area (Å²) in [5.41, 5.74) is 1.75. The molecule has 1 heterocycles. The first-order chi connectivity index (χ1) is 10.9. The van der Waals surface area contributed by atoms with E-state index in [1.165, 1.54) is 0 Å². The molecule has 23 heavy (non-hydrogen) atoms. The van der Waals surface area contributed by atoms with Crippen LogP contribution in [0.15, 0.2) is 24.3 Å². The van der Waals surface area contributed by atoms with Gasteiger partial charge in [0.1, 0.15) is 0 Å². The fourth-order valence-electron chi connectivity index (χ4n) is 1.73. The number of aromatic nitrogens is 2. The van der Waals surface area contributed by atoms with E-state index < -0.39 is 17.2 Å². The SMILES string of the molecule is COCc1ccccc1CNC(=O)Nc1nnc(C(F)(F)F)s1. The highest BCUT2D eigenvalue weighted by Crippen LogP contribution is 2.32. The van der Waals surface area contributed by atoms with Crippen LogP contribution in [0.3, 0.4) is 0 Å². The van der Waals surface area contributed by atoms with Crippen molar-refractivity contribution in [3.63, 3.8) is 0 Å². The Bertz CT molecular complexity index is 675. The molecule has 0 aliphatic heterocycles. The number of alkyl halides is 3. The fourth-order valence-corrected chi connectivity index (χ4v) is 2.34. The van der Waals surface area contributed by atoms with Gasteiger partial charge in [-0.15, -0.1) is 10.2 Å². The Hall–Kier alpha value is -2.20. The number of benzene rings is 1. The number of nitrogens with one attached hydrogen (secondary N) is 2. The number of rotatable bonds is 5. The molecule has 10 heteroatoms. The average molecular weight is 346 g/mol. The predicted molar refractivity (Wildman–Crippen MR) is 77.9 cm³/mol.